The molecule has 2 aromatic rings. The number of hydrogen-bond acceptors (Lipinski definition) is 7. The van der Waals surface area contributed by atoms with Crippen molar-refractivity contribution in [2.24, 2.45) is 0 Å². The van der Waals surface area contributed by atoms with Gasteiger partial charge in [-0.25, -0.2) is 8.42 Å². The summed E-state index contributed by atoms with van der Waals surface area (Å²) < 4.78 is 45.1. The average molecular weight is 489 g/mol. The topological polar surface area (TPSA) is 111 Å². The van der Waals surface area contributed by atoms with Crippen molar-refractivity contribution in [1.82, 2.24) is 4.90 Å². The predicted molar refractivity (Wildman–Crippen MR) is 124 cm³/mol. The molecule has 34 heavy (non-hydrogen) atoms. The van der Waals surface area contributed by atoms with Crippen LogP contribution in [0.15, 0.2) is 47.4 Å². The number of carbonyl (C=O) groups is 2. The van der Waals surface area contributed by atoms with Gasteiger partial charge in [0.15, 0.2) is 0 Å². The summed E-state index contributed by atoms with van der Waals surface area (Å²) in [6.45, 7) is 1.92. The molecule has 0 bridgehead atoms. The number of hydrogen-bond donors (Lipinski definition) is 1. The normalized spacial score (nSPS) is 22.5. The molecule has 0 aliphatic carbocycles. The molecule has 182 valence electrons. The van der Waals surface area contributed by atoms with Crippen molar-refractivity contribution < 1.29 is 32.2 Å². The first-order chi connectivity index (χ1) is 16.2. The van der Waals surface area contributed by atoms with Crippen LogP contribution in [0.3, 0.4) is 0 Å². The molecule has 2 aliphatic heterocycles. The van der Waals surface area contributed by atoms with Crippen LogP contribution in [-0.2, 0) is 24.3 Å². The van der Waals surface area contributed by atoms with Crippen molar-refractivity contribution >= 4 is 27.6 Å². The smallest absolute Gasteiger partial charge is 0.308 e. The highest BCUT2D eigenvalue weighted by Crippen LogP contribution is 2.33. The van der Waals surface area contributed by atoms with E-state index in [9.17, 15) is 18.0 Å². The number of sulfonamides is 1. The molecule has 1 N–H and O–H groups in total. The maximum absolute atomic E-state index is 13.3. The van der Waals surface area contributed by atoms with Crippen LogP contribution in [0, 0.1) is 6.92 Å². The molecule has 2 aliphatic rings. The number of methoxy groups -OCH3 is 1. The fourth-order valence-corrected chi connectivity index (χ4v) is 5.73. The van der Waals surface area contributed by atoms with E-state index in [1.807, 2.05) is 0 Å². The van der Waals surface area contributed by atoms with E-state index in [1.165, 1.54) is 19.2 Å². The standard InChI is InChI=1S/C24H28N2O7S/c1-15-6-4-5-7-22(15)34(29,30)25-16-8-11-20-18(12-16)24(28)26(2)19-10-9-17(13-23(27)31-3)33-21(19)14-32-20/h4-8,11-12,17,19,21,25H,9-10,13-14H2,1-3H3/t17-,19+,21+/m1/s1. The van der Waals surface area contributed by atoms with Gasteiger partial charge in [-0.05, 0) is 49.6 Å². The molecular formula is C24H28N2O7S. The number of amides is 1. The Hall–Kier alpha value is -3.11. The minimum absolute atomic E-state index is 0.151. The Morgan fingerprint density at radius 2 is 1.97 bits per heavy atom. The Kier molecular flexibility index (Phi) is 6.81. The largest absolute Gasteiger partial charge is 0.490 e. The van der Waals surface area contributed by atoms with E-state index < -0.39 is 16.1 Å². The summed E-state index contributed by atoms with van der Waals surface area (Å²) in [6.07, 6.45) is 0.713. The SMILES string of the molecule is COC(=O)C[C@H]1CC[C@H]2[C@H](COc3ccc(NS(=O)(=O)c4ccccc4C)cc3C(=O)N2C)O1. The van der Waals surface area contributed by atoms with Crippen molar-refractivity contribution in [2.75, 3.05) is 25.5 Å². The molecule has 3 atom stereocenters. The van der Waals surface area contributed by atoms with E-state index in [4.69, 9.17) is 14.2 Å². The second-order valence-electron chi connectivity index (χ2n) is 8.53. The Morgan fingerprint density at radius 3 is 2.71 bits per heavy atom. The molecule has 2 aromatic carbocycles. The fraction of sp³-hybridized carbons (Fsp3) is 0.417. The lowest BCUT2D eigenvalue weighted by atomic mass is 9.94. The molecule has 1 saturated heterocycles. The monoisotopic (exact) mass is 488 g/mol. The van der Waals surface area contributed by atoms with Crippen LogP contribution in [-0.4, -0.2) is 64.2 Å². The number of nitrogens with one attached hydrogen (secondary N) is 1. The zero-order valence-electron chi connectivity index (χ0n) is 19.3. The lowest BCUT2D eigenvalue weighted by Gasteiger charge is -2.42. The van der Waals surface area contributed by atoms with Crippen LogP contribution >= 0.6 is 0 Å². The van der Waals surface area contributed by atoms with Gasteiger partial charge in [0.05, 0.1) is 36.1 Å². The number of likely N-dealkylation sites (N-methyl/N-ethyl adjacent to an activating group) is 1. The average Bonchev–Trinajstić information content (AvgIpc) is 2.81. The molecule has 10 heteroatoms. The van der Waals surface area contributed by atoms with E-state index in [2.05, 4.69) is 4.72 Å². The van der Waals surface area contributed by atoms with E-state index in [0.717, 1.165) is 0 Å². The number of nitrogens with zero attached hydrogens (tertiary/aromatic N) is 1. The molecule has 4 rings (SSSR count). The Morgan fingerprint density at radius 1 is 1.21 bits per heavy atom. The zero-order chi connectivity index (χ0) is 24.5. The first kappa shape index (κ1) is 24.0. The number of carbonyl (C=O) groups excluding carboxylic acids is 2. The summed E-state index contributed by atoms with van der Waals surface area (Å²) in [5.41, 5.74) is 1.15. The third kappa shape index (κ3) is 4.88. The maximum atomic E-state index is 13.3. The molecule has 0 unspecified atom stereocenters. The Labute approximate surface area is 199 Å². The van der Waals surface area contributed by atoms with Crippen LogP contribution in [0.5, 0.6) is 5.75 Å². The molecule has 1 fully saturated rings. The zero-order valence-corrected chi connectivity index (χ0v) is 20.1. The fourth-order valence-electron chi connectivity index (χ4n) is 4.43. The minimum atomic E-state index is -3.83. The van der Waals surface area contributed by atoms with Crippen molar-refractivity contribution in [2.45, 2.75) is 49.3 Å². The summed E-state index contributed by atoms with van der Waals surface area (Å²) in [6, 6.07) is 11.1. The van der Waals surface area contributed by atoms with Gasteiger partial charge in [-0.15, -0.1) is 0 Å². The van der Waals surface area contributed by atoms with Gasteiger partial charge in [0.25, 0.3) is 15.9 Å². The van der Waals surface area contributed by atoms with E-state index >= 15 is 0 Å². The van der Waals surface area contributed by atoms with Crippen LogP contribution in [0.2, 0.25) is 0 Å². The number of ether oxygens (including phenoxy) is 3. The third-order valence-electron chi connectivity index (χ3n) is 6.27. The number of fused-ring (bicyclic) bond motifs is 2. The van der Waals surface area contributed by atoms with Gasteiger partial charge >= 0.3 is 5.97 Å². The minimum Gasteiger partial charge on any atom is -0.490 e. The van der Waals surface area contributed by atoms with E-state index in [1.54, 1.807) is 49.2 Å². The molecule has 0 radical (unpaired) electrons. The third-order valence-corrected chi connectivity index (χ3v) is 7.81. The van der Waals surface area contributed by atoms with Crippen LogP contribution in [0.4, 0.5) is 5.69 Å². The second-order valence-corrected chi connectivity index (χ2v) is 10.2. The van der Waals surface area contributed by atoms with Gasteiger partial charge < -0.3 is 19.1 Å². The Bertz CT molecular complexity index is 1200. The van der Waals surface area contributed by atoms with Crippen molar-refractivity contribution in [1.29, 1.82) is 0 Å². The molecule has 0 aromatic heterocycles. The molecule has 9 nitrogen and oxygen atoms in total. The predicted octanol–water partition coefficient (Wildman–Crippen LogP) is 2.74. The van der Waals surface area contributed by atoms with Crippen molar-refractivity contribution in [3.63, 3.8) is 0 Å². The van der Waals surface area contributed by atoms with Crippen molar-refractivity contribution in [3.8, 4) is 5.75 Å². The molecule has 1 amide bonds. The van der Waals surface area contributed by atoms with Gasteiger partial charge in [-0.3, -0.25) is 14.3 Å². The summed E-state index contributed by atoms with van der Waals surface area (Å²) >= 11 is 0. The van der Waals surface area contributed by atoms with Gasteiger partial charge in [0.1, 0.15) is 18.5 Å². The summed E-state index contributed by atoms with van der Waals surface area (Å²) in [5.74, 6) is -0.296. The first-order valence-electron chi connectivity index (χ1n) is 11.0. The summed E-state index contributed by atoms with van der Waals surface area (Å²) in [4.78, 5) is 26.7. The van der Waals surface area contributed by atoms with Gasteiger partial charge in [-0.2, -0.15) is 0 Å². The number of rotatable bonds is 5. The van der Waals surface area contributed by atoms with Gasteiger partial charge in [0, 0.05) is 12.7 Å². The van der Waals surface area contributed by atoms with E-state index in [0.29, 0.717) is 24.2 Å². The molecule has 0 saturated carbocycles. The van der Waals surface area contributed by atoms with Crippen LogP contribution < -0.4 is 9.46 Å². The van der Waals surface area contributed by atoms with Crippen LogP contribution in [0.25, 0.3) is 0 Å². The highest BCUT2D eigenvalue weighted by molar-refractivity contribution is 7.92. The maximum Gasteiger partial charge on any atom is 0.308 e. The Balaban J connectivity index is 1.56. The highest BCUT2D eigenvalue weighted by atomic mass is 32.2. The summed E-state index contributed by atoms with van der Waals surface area (Å²) in [5, 5.41) is 0. The molecule has 2 heterocycles. The summed E-state index contributed by atoms with van der Waals surface area (Å²) in [7, 11) is -0.792. The highest BCUT2D eigenvalue weighted by Gasteiger charge is 2.39. The number of esters is 1. The second kappa shape index (κ2) is 9.63. The first-order valence-corrected chi connectivity index (χ1v) is 12.5. The quantitative estimate of drug-likeness (QED) is 0.644. The number of anilines is 1. The molecular weight excluding hydrogens is 460 g/mol. The van der Waals surface area contributed by atoms with Crippen molar-refractivity contribution in [3.05, 3.63) is 53.6 Å². The number of benzene rings is 2. The van der Waals surface area contributed by atoms with Gasteiger partial charge in [-0.1, -0.05) is 18.2 Å². The van der Waals surface area contributed by atoms with E-state index in [-0.39, 0.29) is 53.2 Å². The van der Waals surface area contributed by atoms with Crippen LogP contribution in [0.1, 0.15) is 35.2 Å². The lowest BCUT2D eigenvalue weighted by molar-refractivity contribution is -0.151. The number of aryl methyl sites for hydroxylation is 1. The lowest BCUT2D eigenvalue weighted by Crippen LogP contribution is -2.53. The molecule has 0 spiro atoms. The van der Waals surface area contributed by atoms with Gasteiger partial charge in [0.2, 0.25) is 0 Å².